The number of anilines is 2. The van der Waals surface area contributed by atoms with Gasteiger partial charge >= 0.3 is 0 Å². The Morgan fingerprint density at radius 2 is 1.88 bits per heavy atom. The van der Waals surface area contributed by atoms with Gasteiger partial charge in [-0.25, -0.2) is 9.97 Å². The van der Waals surface area contributed by atoms with E-state index in [-0.39, 0.29) is 12.4 Å². The van der Waals surface area contributed by atoms with Crippen molar-refractivity contribution < 1.29 is 0 Å². The first-order valence-electron chi connectivity index (χ1n) is 5.29. The highest BCUT2D eigenvalue weighted by Gasteiger charge is 2.19. The number of halogens is 1. The maximum Gasteiger partial charge on any atom is 0.225 e. The highest BCUT2D eigenvalue weighted by molar-refractivity contribution is 5.85. The van der Waals surface area contributed by atoms with Gasteiger partial charge in [0.25, 0.3) is 0 Å². The number of hydrogen-bond acceptors (Lipinski definition) is 5. The van der Waals surface area contributed by atoms with Crippen LogP contribution >= 0.6 is 12.4 Å². The van der Waals surface area contributed by atoms with Crippen LogP contribution in [0.1, 0.15) is 12.8 Å². The zero-order chi connectivity index (χ0) is 10.7. The van der Waals surface area contributed by atoms with Gasteiger partial charge in [0.15, 0.2) is 0 Å². The van der Waals surface area contributed by atoms with Gasteiger partial charge in [-0.05, 0) is 19.9 Å². The van der Waals surface area contributed by atoms with Gasteiger partial charge in [0.1, 0.15) is 0 Å². The second kappa shape index (κ2) is 5.86. The molecule has 0 unspecified atom stereocenters. The number of nitrogens with two attached hydrogens (primary N) is 1. The molecule has 0 aliphatic carbocycles. The number of nitrogens with zero attached hydrogens (tertiary/aromatic N) is 3. The molecule has 0 saturated carbocycles. The van der Waals surface area contributed by atoms with E-state index >= 15 is 0 Å². The molecular weight excluding hydrogens is 226 g/mol. The molecule has 1 aromatic rings. The Bertz CT molecular complexity index is 307. The predicted octanol–water partition coefficient (Wildman–Crippen LogP) is 0.669. The van der Waals surface area contributed by atoms with Crippen molar-refractivity contribution in [1.29, 1.82) is 0 Å². The second-order valence-corrected chi connectivity index (χ2v) is 3.87. The van der Waals surface area contributed by atoms with Gasteiger partial charge in [-0.1, -0.05) is 0 Å². The zero-order valence-electron chi connectivity index (χ0n) is 9.39. The quantitative estimate of drug-likeness (QED) is 0.799. The van der Waals surface area contributed by atoms with Crippen LogP contribution in [0.15, 0.2) is 12.4 Å². The average molecular weight is 244 g/mol. The lowest BCUT2D eigenvalue weighted by molar-refractivity contribution is 0.439. The number of piperidine rings is 1. The van der Waals surface area contributed by atoms with Crippen molar-refractivity contribution in [2.24, 2.45) is 0 Å². The molecule has 1 fully saturated rings. The fraction of sp³-hybridized carbons (Fsp3) is 0.600. The van der Waals surface area contributed by atoms with E-state index in [0.717, 1.165) is 31.9 Å². The maximum atomic E-state index is 5.55. The van der Waals surface area contributed by atoms with Gasteiger partial charge in [0.05, 0.1) is 18.1 Å². The minimum atomic E-state index is 0. The van der Waals surface area contributed by atoms with E-state index in [2.05, 4.69) is 20.2 Å². The van der Waals surface area contributed by atoms with Crippen molar-refractivity contribution in [1.82, 2.24) is 15.3 Å². The summed E-state index contributed by atoms with van der Waals surface area (Å²) in [5, 5.41) is 3.30. The SMILES string of the molecule is CNC1CCN(c2ncc(N)cn2)CC1.Cl. The van der Waals surface area contributed by atoms with Crippen LogP contribution in [0.25, 0.3) is 0 Å². The fourth-order valence-corrected chi connectivity index (χ4v) is 1.86. The highest BCUT2D eigenvalue weighted by atomic mass is 35.5. The average Bonchev–Trinajstić information content (AvgIpc) is 2.30. The summed E-state index contributed by atoms with van der Waals surface area (Å²) in [7, 11) is 2.01. The molecule has 0 radical (unpaired) electrons. The third-order valence-corrected chi connectivity index (χ3v) is 2.84. The summed E-state index contributed by atoms with van der Waals surface area (Å²) >= 11 is 0. The third kappa shape index (κ3) is 2.96. The topological polar surface area (TPSA) is 67.1 Å². The molecule has 16 heavy (non-hydrogen) atoms. The van der Waals surface area contributed by atoms with Crippen LogP contribution in [0, 0.1) is 0 Å². The Labute approximate surface area is 102 Å². The van der Waals surface area contributed by atoms with E-state index in [1.807, 2.05) is 7.05 Å². The minimum Gasteiger partial charge on any atom is -0.396 e. The summed E-state index contributed by atoms with van der Waals surface area (Å²) in [6.07, 6.45) is 5.60. The van der Waals surface area contributed by atoms with Crippen molar-refractivity contribution in [3.63, 3.8) is 0 Å². The fourth-order valence-electron chi connectivity index (χ4n) is 1.86. The summed E-state index contributed by atoms with van der Waals surface area (Å²) in [6.45, 7) is 2.02. The molecule has 2 rings (SSSR count). The number of nitrogens with one attached hydrogen (secondary N) is 1. The van der Waals surface area contributed by atoms with Crippen molar-refractivity contribution in [2.45, 2.75) is 18.9 Å². The second-order valence-electron chi connectivity index (χ2n) is 3.87. The van der Waals surface area contributed by atoms with Crippen LogP contribution in [0.5, 0.6) is 0 Å². The number of hydrogen-bond donors (Lipinski definition) is 2. The van der Waals surface area contributed by atoms with Crippen LogP contribution in [-0.2, 0) is 0 Å². The first kappa shape index (κ1) is 13.0. The van der Waals surface area contributed by atoms with Crippen molar-refractivity contribution in [3.05, 3.63) is 12.4 Å². The number of aromatic nitrogens is 2. The maximum absolute atomic E-state index is 5.55. The summed E-state index contributed by atoms with van der Waals surface area (Å²) < 4.78 is 0. The van der Waals surface area contributed by atoms with Gasteiger partial charge in [-0.2, -0.15) is 0 Å². The highest BCUT2D eigenvalue weighted by Crippen LogP contribution is 2.15. The minimum absolute atomic E-state index is 0. The molecule has 1 aliphatic rings. The van der Waals surface area contributed by atoms with Crippen molar-refractivity contribution >= 4 is 24.0 Å². The Morgan fingerprint density at radius 3 is 2.38 bits per heavy atom. The molecule has 0 spiro atoms. The van der Waals surface area contributed by atoms with Gasteiger partial charge < -0.3 is 16.0 Å². The Hall–Kier alpha value is -1.07. The van der Waals surface area contributed by atoms with E-state index < -0.39 is 0 Å². The Kier molecular flexibility index (Phi) is 4.76. The summed E-state index contributed by atoms with van der Waals surface area (Å²) in [6, 6.07) is 0.634. The molecule has 90 valence electrons. The van der Waals surface area contributed by atoms with Crippen LogP contribution in [0.3, 0.4) is 0 Å². The molecule has 1 saturated heterocycles. The molecule has 6 heteroatoms. The summed E-state index contributed by atoms with van der Waals surface area (Å²) in [5.74, 6) is 0.791. The standard InChI is InChI=1S/C10H17N5.ClH/c1-12-9-2-4-15(5-3-9)10-13-6-8(11)7-14-10;/h6-7,9,12H,2-5,11H2,1H3;1H. The van der Waals surface area contributed by atoms with Crippen LogP contribution in [-0.4, -0.2) is 36.1 Å². The van der Waals surface area contributed by atoms with E-state index in [0.29, 0.717) is 11.7 Å². The van der Waals surface area contributed by atoms with Gasteiger partial charge in [0, 0.05) is 19.1 Å². The normalized spacial score (nSPS) is 16.9. The molecular formula is C10H18ClN5. The molecule has 3 N–H and O–H groups in total. The largest absolute Gasteiger partial charge is 0.396 e. The Balaban J connectivity index is 0.00000128. The zero-order valence-corrected chi connectivity index (χ0v) is 10.2. The lowest BCUT2D eigenvalue weighted by Crippen LogP contribution is -2.41. The number of rotatable bonds is 2. The van der Waals surface area contributed by atoms with Gasteiger partial charge in [0.2, 0.25) is 5.95 Å². The molecule has 1 aliphatic heterocycles. The molecule has 2 heterocycles. The lowest BCUT2D eigenvalue weighted by atomic mass is 10.1. The monoisotopic (exact) mass is 243 g/mol. The van der Waals surface area contributed by atoms with Gasteiger partial charge in [-0.3, -0.25) is 0 Å². The molecule has 5 nitrogen and oxygen atoms in total. The third-order valence-electron chi connectivity index (χ3n) is 2.84. The lowest BCUT2D eigenvalue weighted by Gasteiger charge is -2.31. The van der Waals surface area contributed by atoms with E-state index in [1.54, 1.807) is 12.4 Å². The smallest absolute Gasteiger partial charge is 0.225 e. The molecule has 0 aromatic carbocycles. The molecule has 0 amide bonds. The van der Waals surface area contributed by atoms with Gasteiger partial charge in [-0.15, -0.1) is 12.4 Å². The number of nitrogen functional groups attached to an aromatic ring is 1. The first-order valence-corrected chi connectivity index (χ1v) is 5.29. The Morgan fingerprint density at radius 1 is 1.31 bits per heavy atom. The predicted molar refractivity (Wildman–Crippen MR) is 68.0 cm³/mol. The molecule has 1 aromatic heterocycles. The van der Waals surface area contributed by atoms with Crippen molar-refractivity contribution in [3.8, 4) is 0 Å². The van der Waals surface area contributed by atoms with E-state index in [4.69, 9.17) is 5.73 Å². The van der Waals surface area contributed by atoms with Crippen LogP contribution < -0.4 is 16.0 Å². The summed E-state index contributed by atoms with van der Waals surface area (Å²) in [5.41, 5.74) is 6.16. The first-order chi connectivity index (χ1) is 7.29. The van der Waals surface area contributed by atoms with E-state index in [9.17, 15) is 0 Å². The molecule has 0 bridgehead atoms. The van der Waals surface area contributed by atoms with Crippen LogP contribution in [0.2, 0.25) is 0 Å². The molecule has 0 atom stereocenters. The van der Waals surface area contributed by atoms with Crippen LogP contribution in [0.4, 0.5) is 11.6 Å². The van der Waals surface area contributed by atoms with E-state index in [1.165, 1.54) is 0 Å². The summed E-state index contributed by atoms with van der Waals surface area (Å²) in [4.78, 5) is 10.6. The van der Waals surface area contributed by atoms with Crippen molar-refractivity contribution in [2.75, 3.05) is 30.8 Å².